The van der Waals surface area contributed by atoms with Crippen LogP contribution in [0.4, 0.5) is 5.69 Å². The number of nitrogens with two attached hydrogens (primary N) is 1. The molecule has 2 aromatic carbocycles. The summed E-state index contributed by atoms with van der Waals surface area (Å²) in [5, 5.41) is 12.2. The van der Waals surface area contributed by atoms with E-state index in [2.05, 4.69) is 23.5 Å². The lowest BCUT2D eigenvalue weighted by atomic mass is 10.0. The van der Waals surface area contributed by atoms with Crippen molar-refractivity contribution in [2.24, 2.45) is 5.73 Å². The van der Waals surface area contributed by atoms with Crippen LogP contribution in [-0.4, -0.2) is 6.54 Å². The molecule has 0 bridgehead atoms. The topological polar surface area (TPSA) is 61.8 Å². The van der Waals surface area contributed by atoms with E-state index < -0.39 is 0 Å². The Labute approximate surface area is 120 Å². The van der Waals surface area contributed by atoms with Gasteiger partial charge in [0.25, 0.3) is 0 Å². The Morgan fingerprint density at radius 2 is 1.95 bits per heavy atom. The minimum absolute atomic E-state index is 0.0446. The van der Waals surface area contributed by atoms with Crippen LogP contribution in [0.2, 0.25) is 0 Å². The van der Waals surface area contributed by atoms with Crippen LogP contribution in [0.15, 0.2) is 48.5 Å². The largest absolute Gasteiger partial charge is 0.385 e. The average molecular weight is 265 g/mol. The Bertz CT molecular complexity index is 599. The van der Waals surface area contributed by atoms with Gasteiger partial charge in [-0.3, -0.25) is 0 Å². The molecule has 3 heteroatoms. The third-order valence-corrected chi connectivity index (χ3v) is 3.36. The summed E-state index contributed by atoms with van der Waals surface area (Å²) in [5.74, 6) is 0. The highest BCUT2D eigenvalue weighted by atomic mass is 14.9. The number of anilines is 1. The summed E-state index contributed by atoms with van der Waals surface area (Å²) in [6.07, 6.45) is 0.864. The highest BCUT2D eigenvalue weighted by Gasteiger charge is 2.05. The van der Waals surface area contributed by atoms with Gasteiger partial charge in [-0.25, -0.2) is 0 Å². The monoisotopic (exact) mass is 265 g/mol. The molecule has 0 spiro atoms. The van der Waals surface area contributed by atoms with Gasteiger partial charge in [0.05, 0.1) is 11.6 Å². The van der Waals surface area contributed by atoms with E-state index in [9.17, 15) is 0 Å². The van der Waals surface area contributed by atoms with E-state index in [1.807, 2.05) is 43.3 Å². The van der Waals surface area contributed by atoms with Crippen molar-refractivity contribution in [3.8, 4) is 6.07 Å². The molecule has 102 valence electrons. The molecule has 20 heavy (non-hydrogen) atoms. The molecule has 0 aromatic heterocycles. The summed E-state index contributed by atoms with van der Waals surface area (Å²) in [5.41, 5.74) is 10.0. The molecule has 2 rings (SSSR count). The fraction of sp³-hybridized carbons (Fsp3) is 0.235. The standard InChI is InChI=1S/C17H19N3/c1-13-11-16(8-7-15(13)12-18)20-10-9-17(19)14-5-3-2-4-6-14/h2-8,11,17,20H,9-10,19H2,1H3. The number of hydrogen-bond acceptors (Lipinski definition) is 3. The molecule has 0 aliphatic rings. The second kappa shape index (κ2) is 6.74. The molecule has 0 radical (unpaired) electrons. The van der Waals surface area contributed by atoms with Gasteiger partial charge in [-0.15, -0.1) is 0 Å². The molecule has 1 atom stereocenters. The lowest BCUT2D eigenvalue weighted by Gasteiger charge is -2.13. The number of aryl methyl sites for hydroxylation is 1. The normalized spacial score (nSPS) is 11.7. The summed E-state index contributed by atoms with van der Waals surface area (Å²) < 4.78 is 0. The Morgan fingerprint density at radius 3 is 2.60 bits per heavy atom. The Kier molecular flexibility index (Phi) is 4.75. The van der Waals surface area contributed by atoms with Crippen LogP contribution in [-0.2, 0) is 0 Å². The average Bonchev–Trinajstić information content (AvgIpc) is 2.48. The van der Waals surface area contributed by atoms with Crippen molar-refractivity contribution in [3.63, 3.8) is 0 Å². The van der Waals surface area contributed by atoms with Gasteiger partial charge in [0.1, 0.15) is 0 Å². The minimum atomic E-state index is 0.0446. The van der Waals surface area contributed by atoms with Crippen molar-refractivity contribution in [2.75, 3.05) is 11.9 Å². The van der Waals surface area contributed by atoms with Crippen LogP contribution in [0.5, 0.6) is 0 Å². The van der Waals surface area contributed by atoms with Gasteiger partial charge in [-0.05, 0) is 42.7 Å². The van der Waals surface area contributed by atoms with Crippen LogP contribution in [0.3, 0.4) is 0 Å². The first-order valence-electron chi connectivity index (χ1n) is 6.76. The van der Waals surface area contributed by atoms with Crippen LogP contribution in [0, 0.1) is 18.3 Å². The third-order valence-electron chi connectivity index (χ3n) is 3.36. The highest BCUT2D eigenvalue weighted by Crippen LogP contribution is 2.16. The van der Waals surface area contributed by atoms with E-state index >= 15 is 0 Å². The number of nitriles is 1. The van der Waals surface area contributed by atoms with Crippen LogP contribution >= 0.6 is 0 Å². The van der Waals surface area contributed by atoms with Crippen molar-refractivity contribution in [1.82, 2.24) is 0 Å². The molecule has 1 unspecified atom stereocenters. The van der Waals surface area contributed by atoms with Gasteiger partial charge in [-0.1, -0.05) is 30.3 Å². The van der Waals surface area contributed by atoms with E-state index in [0.717, 1.165) is 35.3 Å². The minimum Gasteiger partial charge on any atom is -0.385 e. The highest BCUT2D eigenvalue weighted by molar-refractivity contribution is 5.51. The number of nitrogens with zero attached hydrogens (tertiary/aromatic N) is 1. The van der Waals surface area contributed by atoms with E-state index in [0.29, 0.717) is 0 Å². The molecule has 0 fully saturated rings. The zero-order valence-corrected chi connectivity index (χ0v) is 11.6. The second-order valence-corrected chi connectivity index (χ2v) is 4.87. The van der Waals surface area contributed by atoms with Crippen molar-refractivity contribution in [2.45, 2.75) is 19.4 Å². The zero-order chi connectivity index (χ0) is 14.4. The van der Waals surface area contributed by atoms with Crippen molar-refractivity contribution in [3.05, 3.63) is 65.2 Å². The van der Waals surface area contributed by atoms with Gasteiger partial charge in [-0.2, -0.15) is 5.26 Å². The molecule has 2 aromatic rings. The molecule has 0 aliphatic carbocycles. The summed E-state index contributed by atoms with van der Waals surface area (Å²) >= 11 is 0. The van der Waals surface area contributed by atoms with E-state index in [4.69, 9.17) is 11.0 Å². The van der Waals surface area contributed by atoms with Crippen molar-refractivity contribution < 1.29 is 0 Å². The van der Waals surface area contributed by atoms with Crippen LogP contribution in [0.25, 0.3) is 0 Å². The number of hydrogen-bond donors (Lipinski definition) is 2. The molecule has 0 saturated heterocycles. The van der Waals surface area contributed by atoms with E-state index in [1.165, 1.54) is 0 Å². The lowest BCUT2D eigenvalue weighted by molar-refractivity contribution is 0.675. The summed E-state index contributed by atoms with van der Waals surface area (Å²) in [4.78, 5) is 0. The first-order chi connectivity index (χ1) is 9.70. The van der Waals surface area contributed by atoms with Crippen molar-refractivity contribution in [1.29, 1.82) is 5.26 Å². The third kappa shape index (κ3) is 3.59. The molecule has 0 amide bonds. The number of rotatable bonds is 5. The SMILES string of the molecule is Cc1cc(NCCC(N)c2ccccc2)ccc1C#N. The van der Waals surface area contributed by atoms with Gasteiger partial charge in [0.2, 0.25) is 0 Å². The van der Waals surface area contributed by atoms with Gasteiger partial charge < -0.3 is 11.1 Å². The predicted octanol–water partition coefficient (Wildman–Crippen LogP) is 3.37. The maximum Gasteiger partial charge on any atom is 0.0994 e. The molecular formula is C17H19N3. The molecule has 0 heterocycles. The smallest absolute Gasteiger partial charge is 0.0994 e. The second-order valence-electron chi connectivity index (χ2n) is 4.87. The van der Waals surface area contributed by atoms with Gasteiger partial charge >= 0.3 is 0 Å². The maximum atomic E-state index is 8.90. The fourth-order valence-electron chi connectivity index (χ4n) is 2.14. The van der Waals surface area contributed by atoms with E-state index in [-0.39, 0.29) is 6.04 Å². The molecular weight excluding hydrogens is 246 g/mol. The number of benzene rings is 2. The van der Waals surface area contributed by atoms with E-state index in [1.54, 1.807) is 0 Å². The molecule has 0 saturated carbocycles. The van der Waals surface area contributed by atoms with Gasteiger partial charge in [0, 0.05) is 18.3 Å². The Balaban J connectivity index is 1.87. The summed E-state index contributed by atoms with van der Waals surface area (Å²) in [6.45, 7) is 2.75. The quantitative estimate of drug-likeness (QED) is 0.871. The molecule has 0 aliphatic heterocycles. The predicted molar refractivity (Wildman–Crippen MR) is 82.4 cm³/mol. The first-order valence-corrected chi connectivity index (χ1v) is 6.76. The lowest BCUT2D eigenvalue weighted by Crippen LogP contribution is -2.15. The van der Waals surface area contributed by atoms with Crippen LogP contribution in [0.1, 0.15) is 29.2 Å². The summed E-state index contributed by atoms with van der Waals surface area (Å²) in [6, 6.07) is 18.1. The zero-order valence-electron chi connectivity index (χ0n) is 11.6. The first kappa shape index (κ1) is 14.1. The Morgan fingerprint density at radius 1 is 1.20 bits per heavy atom. The van der Waals surface area contributed by atoms with Gasteiger partial charge in [0.15, 0.2) is 0 Å². The molecule has 3 N–H and O–H groups in total. The Hall–Kier alpha value is -2.31. The van der Waals surface area contributed by atoms with Crippen LogP contribution < -0.4 is 11.1 Å². The number of nitrogens with one attached hydrogen (secondary N) is 1. The maximum absolute atomic E-state index is 8.90. The fourth-order valence-corrected chi connectivity index (χ4v) is 2.14. The van der Waals surface area contributed by atoms with Crippen molar-refractivity contribution >= 4 is 5.69 Å². The molecule has 3 nitrogen and oxygen atoms in total. The summed E-state index contributed by atoms with van der Waals surface area (Å²) in [7, 11) is 0.